The van der Waals surface area contributed by atoms with Gasteiger partial charge in [-0.05, 0) is 44.0 Å². The normalized spacial score (nSPS) is 12.3. The molecular formula is C24H28N2O2. The molecule has 0 aliphatic rings. The molecule has 4 nitrogen and oxygen atoms in total. The smallest absolute Gasteiger partial charge is 0.287 e. The molecule has 1 unspecified atom stereocenters. The van der Waals surface area contributed by atoms with Crippen LogP contribution in [0.4, 0.5) is 0 Å². The average molecular weight is 377 g/mol. The molecule has 1 aromatic heterocycles. The third-order valence-corrected chi connectivity index (χ3v) is 4.85. The highest BCUT2D eigenvalue weighted by molar-refractivity contribution is 5.91. The summed E-state index contributed by atoms with van der Waals surface area (Å²) < 4.78 is 5.85. The van der Waals surface area contributed by atoms with Gasteiger partial charge in [0.05, 0.1) is 12.6 Å². The number of furan rings is 1. The maximum absolute atomic E-state index is 12.5. The minimum atomic E-state index is -0.193. The van der Waals surface area contributed by atoms with Crippen molar-refractivity contribution in [2.75, 3.05) is 0 Å². The van der Waals surface area contributed by atoms with E-state index in [0.29, 0.717) is 18.3 Å². The zero-order valence-corrected chi connectivity index (χ0v) is 16.8. The number of carbonyl (C=O) groups excluding carboxylic acids is 1. The predicted octanol–water partition coefficient (Wildman–Crippen LogP) is 5.18. The van der Waals surface area contributed by atoms with E-state index in [0.717, 1.165) is 17.9 Å². The number of hydrogen-bond acceptors (Lipinski definition) is 3. The van der Waals surface area contributed by atoms with Crippen molar-refractivity contribution < 1.29 is 9.21 Å². The summed E-state index contributed by atoms with van der Waals surface area (Å²) in [6.07, 6.45) is 0. The van der Waals surface area contributed by atoms with Crippen molar-refractivity contribution in [2.45, 2.75) is 45.9 Å². The molecule has 0 saturated heterocycles. The molecule has 146 valence electrons. The molecule has 2 aromatic carbocycles. The molecule has 0 aliphatic heterocycles. The molecule has 4 heteroatoms. The largest absolute Gasteiger partial charge is 0.455 e. The van der Waals surface area contributed by atoms with Crippen LogP contribution in [0.15, 0.2) is 77.2 Å². The highest BCUT2D eigenvalue weighted by Gasteiger charge is 2.17. The second kappa shape index (κ2) is 9.38. The van der Waals surface area contributed by atoms with Crippen molar-refractivity contribution in [3.63, 3.8) is 0 Å². The monoisotopic (exact) mass is 376 g/mol. The quantitative estimate of drug-likeness (QED) is 0.589. The number of amides is 1. The standard InChI is InChI=1S/C24H28N2O2/c1-18(2)26(16-20-10-6-4-7-11-20)17-22-14-15-23(28-22)24(27)25-19(3)21-12-8-5-9-13-21/h4-15,18-19H,16-17H2,1-3H3,(H,25,27). The first-order valence-electron chi connectivity index (χ1n) is 9.75. The van der Waals surface area contributed by atoms with Crippen LogP contribution >= 0.6 is 0 Å². The number of nitrogens with zero attached hydrogens (tertiary/aromatic N) is 1. The Morgan fingerprint density at radius 3 is 2.18 bits per heavy atom. The molecule has 0 spiro atoms. The van der Waals surface area contributed by atoms with Crippen molar-refractivity contribution in [1.29, 1.82) is 0 Å². The molecule has 3 aromatic rings. The fourth-order valence-electron chi connectivity index (χ4n) is 3.12. The van der Waals surface area contributed by atoms with Gasteiger partial charge in [-0.1, -0.05) is 60.7 Å². The van der Waals surface area contributed by atoms with Crippen molar-refractivity contribution in [3.05, 3.63) is 95.4 Å². The van der Waals surface area contributed by atoms with E-state index in [1.54, 1.807) is 6.07 Å². The molecule has 1 heterocycles. The second-order valence-electron chi connectivity index (χ2n) is 7.36. The maximum atomic E-state index is 12.5. The summed E-state index contributed by atoms with van der Waals surface area (Å²) >= 11 is 0. The van der Waals surface area contributed by atoms with Crippen LogP contribution in [-0.4, -0.2) is 16.8 Å². The van der Waals surface area contributed by atoms with Crippen LogP contribution in [0, 0.1) is 0 Å². The molecule has 1 atom stereocenters. The molecular weight excluding hydrogens is 348 g/mol. The van der Waals surface area contributed by atoms with E-state index in [2.05, 4.69) is 48.3 Å². The Morgan fingerprint density at radius 1 is 0.893 bits per heavy atom. The zero-order chi connectivity index (χ0) is 19.9. The van der Waals surface area contributed by atoms with Gasteiger partial charge in [0.15, 0.2) is 5.76 Å². The van der Waals surface area contributed by atoms with Gasteiger partial charge in [0, 0.05) is 12.6 Å². The first-order chi connectivity index (χ1) is 13.5. The van der Waals surface area contributed by atoms with Crippen molar-refractivity contribution in [1.82, 2.24) is 10.2 Å². The summed E-state index contributed by atoms with van der Waals surface area (Å²) in [7, 11) is 0. The lowest BCUT2D eigenvalue weighted by Gasteiger charge is -2.25. The van der Waals surface area contributed by atoms with Gasteiger partial charge in [0.1, 0.15) is 5.76 Å². The second-order valence-corrected chi connectivity index (χ2v) is 7.36. The third-order valence-electron chi connectivity index (χ3n) is 4.85. The zero-order valence-electron chi connectivity index (χ0n) is 16.8. The van der Waals surface area contributed by atoms with E-state index in [-0.39, 0.29) is 11.9 Å². The highest BCUT2D eigenvalue weighted by Crippen LogP contribution is 2.17. The van der Waals surface area contributed by atoms with Crippen LogP contribution in [-0.2, 0) is 13.1 Å². The van der Waals surface area contributed by atoms with E-state index in [9.17, 15) is 4.79 Å². The minimum Gasteiger partial charge on any atom is -0.455 e. The number of rotatable bonds is 8. The van der Waals surface area contributed by atoms with E-state index in [1.807, 2.05) is 49.4 Å². The summed E-state index contributed by atoms with van der Waals surface area (Å²) in [5.41, 5.74) is 2.33. The summed E-state index contributed by atoms with van der Waals surface area (Å²) in [5.74, 6) is 0.949. The average Bonchev–Trinajstić information content (AvgIpc) is 3.17. The fourth-order valence-corrected chi connectivity index (χ4v) is 3.12. The number of nitrogens with one attached hydrogen (secondary N) is 1. The summed E-state index contributed by atoms with van der Waals surface area (Å²) in [4.78, 5) is 14.9. The van der Waals surface area contributed by atoms with E-state index >= 15 is 0 Å². The van der Waals surface area contributed by atoms with Gasteiger partial charge in [-0.25, -0.2) is 0 Å². The highest BCUT2D eigenvalue weighted by atomic mass is 16.4. The fraction of sp³-hybridized carbons (Fsp3) is 0.292. The summed E-state index contributed by atoms with van der Waals surface area (Å²) in [5, 5.41) is 3.00. The molecule has 0 radical (unpaired) electrons. The van der Waals surface area contributed by atoms with Gasteiger partial charge in [-0.15, -0.1) is 0 Å². The molecule has 0 aliphatic carbocycles. The van der Waals surface area contributed by atoms with Gasteiger partial charge < -0.3 is 9.73 Å². The van der Waals surface area contributed by atoms with Crippen LogP contribution in [0.5, 0.6) is 0 Å². The Morgan fingerprint density at radius 2 is 1.54 bits per heavy atom. The maximum Gasteiger partial charge on any atom is 0.287 e. The minimum absolute atomic E-state index is 0.0764. The SMILES string of the molecule is CC(NC(=O)c1ccc(CN(Cc2ccccc2)C(C)C)o1)c1ccccc1. The lowest BCUT2D eigenvalue weighted by Crippen LogP contribution is -2.29. The van der Waals surface area contributed by atoms with Crippen molar-refractivity contribution in [3.8, 4) is 0 Å². The summed E-state index contributed by atoms with van der Waals surface area (Å²) in [6, 6.07) is 24.2. The van der Waals surface area contributed by atoms with Gasteiger partial charge in [-0.3, -0.25) is 9.69 Å². The molecule has 1 N–H and O–H groups in total. The third kappa shape index (κ3) is 5.33. The first-order valence-corrected chi connectivity index (χ1v) is 9.75. The van der Waals surface area contributed by atoms with Gasteiger partial charge in [0.2, 0.25) is 0 Å². The lowest BCUT2D eigenvalue weighted by molar-refractivity contribution is 0.0906. The van der Waals surface area contributed by atoms with Crippen LogP contribution in [0.2, 0.25) is 0 Å². The Hall–Kier alpha value is -2.85. The van der Waals surface area contributed by atoms with Gasteiger partial charge in [-0.2, -0.15) is 0 Å². The number of carbonyl (C=O) groups is 1. The Bertz CT molecular complexity index is 872. The Balaban J connectivity index is 1.62. The van der Waals surface area contributed by atoms with Crippen LogP contribution in [0.1, 0.15) is 54.3 Å². The van der Waals surface area contributed by atoms with Crippen LogP contribution in [0.25, 0.3) is 0 Å². The van der Waals surface area contributed by atoms with Gasteiger partial charge >= 0.3 is 0 Å². The molecule has 0 bridgehead atoms. The predicted molar refractivity (Wildman–Crippen MR) is 112 cm³/mol. The Kier molecular flexibility index (Phi) is 6.66. The van der Waals surface area contributed by atoms with Crippen LogP contribution < -0.4 is 5.32 Å². The summed E-state index contributed by atoms with van der Waals surface area (Å²) in [6.45, 7) is 7.80. The molecule has 0 saturated carbocycles. The van der Waals surface area contributed by atoms with Crippen molar-refractivity contribution in [2.24, 2.45) is 0 Å². The van der Waals surface area contributed by atoms with Gasteiger partial charge in [0.25, 0.3) is 5.91 Å². The lowest BCUT2D eigenvalue weighted by atomic mass is 10.1. The van der Waals surface area contributed by atoms with Crippen LogP contribution in [0.3, 0.4) is 0 Å². The number of benzene rings is 2. The Labute approximate surface area is 167 Å². The molecule has 3 rings (SSSR count). The van der Waals surface area contributed by atoms with E-state index < -0.39 is 0 Å². The van der Waals surface area contributed by atoms with E-state index in [1.165, 1.54) is 5.56 Å². The molecule has 0 fully saturated rings. The molecule has 28 heavy (non-hydrogen) atoms. The number of hydrogen-bond donors (Lipinski definition) is 1. The topological polar surface area (TPSA) is 45.5 Å². The first kappa shape index (κ1) is 19.9. The van der Waals surface area contributed by atoms with E-state index in [4.69, 9.17) is 4.42 Å². The molecule has 1 amide bonds. The van der Waals surface area contributed by atoms with Crippen molar-refractivity contribution >= 4 is 5.91 Å².